The summed E-state index contributed by atoms with van der Waals surface area (Å²) in [7, 11) is 0. The summed E-state index contributed by atoms with van der Waals surface area (Å²) in [4.78, 5) is 15.4. The van der Waals surface area contributed by atoms with E-state index in [0.717, 1.165) is 130 Å². The Labute approximate surface area is 663 Å². The van der Waals surface area contributed by atoms with Gasteiger partial charge in [-0.1, -0.05) is 338 Å². The first kappa shape index (κ1) is 68.3. The number of para-hydroxylation sites is 8. The largest absolute Gasteiger partial charge is 0.311 e. The van der Waals surface area contributed by atoms with Crippen molar-refractivity contribution in [3.8, 4) is 44.5 Å². The standard InChI is InChI=1S/C104H81B2N5S/c1-103(2,3)74-60-56-72(57-61-74)82-46-25-29-52-90(82)108(78-42-21-11-22-43-78)80-64-95-100-96(65-80)110(91-53-30-26-47-83(91)73-58-62-75(63-59-73)104(4,5)6)92-54-31-27-50-86(92)105(100)88-68-89-94(69-93(88)109(95)79-44-23-12-24-45-79)111(102-84(70-34-13-7-14-35-70)48-33-49-85(102)71-36-15-8-16-37-71)97-66-81(67-99-101(97)106(89)87-51-28-32-55-98(87)112-99)107(76-38-17-9-18-39-76)77-40-19-10-20-41-77/h7-69H,1-6H3. The average Bonchev–Trinajstić information content (AvgIpc) is 0.683. The van der Waals surface area contributed by atoms with Crippen LogP contribution in [-0.4, -0.2) is 13.4 Å². The second-order valence-corrected chi connectivity index (χ2v) is 33.0. The van der Waals surface area contributed by atoms with E-state index < -0.39 is 0 Å². The van der Waals surface area contributed by atoms with Crippen LogP contribution in [0.5, 0.6) is 0 Å². The van der Waals surface area contributed by atoms with E-state index in [1.165, 1.54) is 53.7 Å². The Hall–Kier alpha value is -13.0. The molecule has 0 fully saturated rings. The van der Waals surface area contributed by atoms with E-state index in [0.29, 0.717) is 0 Å². The zero-order chi connectivity index (χ0) is 75.3. The maximum absolute atomic E-state index is 2.70. The number of anilines is 15. The van der Waals surface area contributed by atoms with Gasteiger partial charge in [-0.3, -0.25) is 0 Å². The lowest BCUT2D eigenvalue weighted by atomic mass is 9.30. The fraction of sp³-hybridized carbons (Fsp3) is 0.0769. The van der Waals surface area contributed by atoms with Gasteiger partial charge >= 0.3 is 0 Å². The molecule has 0 unspecified atom stereocenters. The second kappa shape index (κ2) is 27.5. The van der Waals surface area contributed by atoms with Crippen molar-refractivity contribution >= 4 is 143 Å². The Kier molecular flexibility index (Phi) is 16.8. The zero-order valence-electron chi connectivity index (χ0n) is 63.7. The Balaban J connectivity index is 0.919. The normalized spacial score (nSPS) is 13.0. The summed E-state index contributed by atoms with van der Waals surface area (Å²) in [5.41, 5.74) is 35.6. The first-order valence-corrected chi connectivity index (χ1v) is 39.9. The Bertz CT molecular complexity index is 6170. The van der Waals surface area contributed by atoms with Gasteiger partial charge in [0, 0.05) is 94.6 Å². The van der Waals surface area contributed by atoms with Gasteiger partial charge in [0.1, 0.15) is 0 Å². The molecule has 16 aromatic rings. The lowest BCUT2D eigenvalue weighted by molar-refractivity contribution is 0.590. The number of hydrogen-bond donors (Lipinski definition) is 0. The summed E-state index contributed by atoms with van der Waals surface area (Å²) in [6, 6.07) is 144. The first-order chi connectivity index (χ1) is 54.9. The van der Waals surface area contributed by atoms with Gasteiger partial charge in [-0.15, -0.1) is 0 Å². The maximum atomic E-state index is 2.70. The van der Waals surface area contributed by atoms with E-state index in [4.69, 9.17) is 0 Å². The molecule has 20 rings (SSSR count). The smallest absolute Gasteiger partial charge is 0.252 e. The zero-order valence-corrected chi connectivity index (χ0v) is 64.5. The molecule has 4 heterocycles. The van der Waals surface area contributed by atoms with Crippen LogP contribution in [-0.2, 0) is 10.8 Å². The lowest BCUT2D eigenvalue weighted by Gasteiger charge is -2.47. The highest BCUT2D eigenvalue weighted by molar-refractivity contribution is 8.00. The third-order valence-corrected chi connectivity index (χ3v) is 24.3. The van der Waals surface area contributed by atoms with Crippen molar-refractivity contribution in [3.63, 3.8) is 0 Å². The van der Waals surface area contributed by atoms with Crippen molar-refractivity contribution in [3.05, 3.63) is 393 Å². The Morgan fingerprint density at radius 1 is 0.250 bits per heavy atom. The molecular weight excluding hydrogens is 1370 g/mol. The van der Waals surface area contributed by atoms with E-state index in [9.17, 15) is 0 Å². The fourth-order valence-electron chi connectivity index (χ4n) is 17.9. The molecule has 0 atom stereocenters. The van der Waals surface area contributed by atoms with Gasteiger partial charge in [-0.05, 0) is 175 Å². The van der Waals surface area contributed by atoms with Crippen molar-refractivity contribution in [1.29, 1.82) is 0 Å². The van der Waals surface area contributed by atoms with Crippen molar-refractivity contribution in [2.75, 3.05) is 24.5 Å². The van der Waals surface area contributed by atoms with Crippen LogP contribution in [0.1, 0.15) is 52.7 Å². The minimum Gasteiger partial charge on any atom is -0.311 e. The quantitative estimate of drug-likeness (QED) is 0.106. The van der Waals surface area contributed by atoms with Gasteiger partial charge in [0.15, 0.2) is 0 Å². The molecule has 112 heavy (non-hydrogen) atoms. The summed E-state index contributed by atoms with van der Waals surface area (Å²) in [6.45, 7) is 13.3. The summed E-state index contributed by atoms with van der Waals surface area (Å²) >= 11 is 1.90. The van der Waals surface area contributed by atoms with Gasteiger partial charge in [-0.2, -0.15) is 0 Å². The molecule has 0 saturated heterocycles. The minimum absolute atomic E-state index is 0.0148. The molecule has 5 nitrogen and oxygen atoms in total. The molecule has 0 radical (unpaired) electrons. The minimum atomic E-state index is -0.254. The van der Waals surface area contributed by atoms with Crippen LogP contribution < -0.4 is 57.3 Å². The molecule has 0 aromatic heterocycles. The lowest BCUT2D eigenvalue weighted by Crippen LogP contribution is -2.64. The van der Waals surface area contributed by atoms with Crippen molar-refractivity contribution in [2.24, 2.45) is 0 Å². The van der Waals surface area contributed by atoms with Crippen LogP contribution in [0.4, 0.5) is 85.3 Å². The third-order valence-electron chi connectivity index (χ3n) is 23.2. The second-order valence-electron chi connectivity index (χ2n) is 32.0. The molecule has 0 spiro atoms. The van der Waals surface area contributed by atoms with Crippen molar-refractivity contribution in [2.45, 2.75) is 62.2 Å². The van der Waals surface area contributed by atoms with Gasteiger partial charge in [0.2, 0.25) is 6.71 Å². The number of fused-ring (bicyclic) bond motifs is 8. The van der Waals surface area contributed by atoms with E-state index in [1.807, 2.05) is 11.8 Å². The van der Waals surface area contributed by atoms with Crippen LogP contribution in [0, 0.1) is 0 Å². The van der Waals surface area contributed by atoms with Gasteiger partial charge in [-0.25, -0.2) is 0 Å². The van der Waals surface area contributed by atoms with E-state index in [-0.39, 0.29) is 24.3 Å². The van der Waals surface area contributed by atoms with Crippen molar-refractivity contribution in [1.82, 2.24) is 0 Å². The Morgan fingerprint density at radius 2 is 0.661 bits per heavy atom. The molecular formula is C104H81B2N5S. The van der Waals surface area contributed by atoms with Crippen LogP contribution in [0.15, 0.2) is 392 Å². The van der Waals surface area contributed by atoms with Crippen LogP contribution in [0.3, 0.4) is 0 Å². The number of benzene rings is 16. The highest BCUT2D eigenvalue weighted by Gasteiger charge is 2.49. The predicted octanol–water partition coefficient (Wildman–Crippen LogP) is 24.7. The SMILES string of the molecule is CC(C)(C)c1ccc(-c2ccccc2N(c2ccccc2)c2cc3c4c(c2)N(c2ccccc2-c2ccc(C(C)(C)C)cc2)c2ccccc2B4c2cc4c(cc2N3c2ccccc2)N(c2c(-c3ccccc3)cccc2-c2ccccc2)c2cc(N(c3ccccc3)c3ccccc3)cc3c2B4c2ccccc2S3)cc1. The molecule has 0 saturated carbocycles. The molecule has 0 amide bonds. The predicted molar refractivity (Wildman–Crippen MR) is 479 cm³/mol. The molecule has 0 N–H and O–H groups in total. The molecule has 0 bridgehead atoms. The third kappa shape index (κ3) is 11.7. The van der Waals surface area contributed by atoms with Crippen LogP contribution >= 0.6 is 11.8 Å². The molecule has 534 valence electrons. The van der Waals surface area contributed by atoms with Crippen LogP contribution in [0.2, 0.25) is 0 Å². The van der Waals surface area contributed by atoms with E-state index >= 15 is 0 Å². The number of hydrogen-bond acceptors (Lipinski definition) is 6. The fourth-order valence-corrected chi connectivity index (χ4v) is 19.1. The monoisotopic (exact) mass is 1450 g/mol. The Morgan fingerprint density at radius 3 is 1.23 bits per heavy atom. The van der Waals surface area contributed by atoms with E-state index in [1.54, 1.807) is 0 Å². The summed E-state index contributed by atoms with van der Waals surface area (Å²) in [6.07, 6.45) is 0. The van der Waals surface area contributed by atoms with E-state index in [2.05, 4.69) is 448 Å². The van der Waals surface area contributed by atoms with Gasteiger partial charge in [0.05, 0.1) is 22.7 Å². The molecule has 0 aliphatic carbocycles. The number of nitrogens with zero attached hydrogens (tertiary/aromatic N) is 5. The summed E-state index contributed by atoms with van der Waals surface area (Å²) in [5, 5.41) is 0. The average molecular weight is 1450 g/mol. The molecule has 8 heteroatoms. The first-order valence-electron chi connectivity index (χ1n) is 39.1. The highest BCUT2D eigenvalue weighted by Crippen LogP contribution is 2.56. The molecule has 4 aliphatic heterocycles. The van der Waals surface area contributed by atoms with Gasteiger partial charge < -0.3 is 24.5 Å². The number of rotatable bonds is 13. The summed E-state index contributed by atoms with van der Waals surface area (Å²) < 4.78 is 0. The molecule has 16 aromatic carbocycles. The summed E-state index contributed by atoms with van der Waals surface area (Å²) in [5.74, 6) is 0. The van der Waals surface area contributed by atoms with Crippen LogP contribution in [0.25, 0.3) is 44.5 Å². The molecule has 4 aliphatic rings. The van der Waals surface area contributed by atoms with Gasteiger partial charge in [0.25, 0.3) is 6.71 Å². The highest BCUT2D eigenvalue weighted by atomic mass is 32.2. The topological polar surface area (TPSA) is 16.2 Å². The maximum Gasteiger partial charge on any atom is 0.252 e. The van der Waals surface area contributed by atoms with Crippen molar-refractivity contribution < 1.29 is 0 Å².